The van der Waals surface area contributed by atoms with E-state index in [4.69, 9.17) is 0 Å². The van der Waals surface area contributed by atoms with Crippen molar-refractivity contribution < 1.29 is 0 Å². The zero-order chi connectivity index (χ0) is 12.3. The lowest BCUT2D eigenvalue weighted by atomic mass is 9.83. The van der Waals surface area contributed by atoms with Gasteiger partial charge in [-0.25, -0.2) is 0 Å². The van der Waals surface area contributed by atoms with Gasteiger partial charge in [0.1, 0.15) is 0 Å². The Hall–Kier alpha value is -0.260. The van der Waals surface area contributed by atoms with E-state index < -0.39 is 0 Å². The molecule has 0 heterocycles. The van der Waals surface area contributed by atoms with Gasteiger partial charge >= 0.3 is 0 Å². The molecule has 0 saturated heterocycles. The standard InChI is InChI=1S/C17H30/c1-4-5-6-9-15-11-14(2)8-7-10-16-13-17(16,3)12-15/h10,14-15H,4-9,11-13H2,1-3H3. The summed E-state index contributed by atoms with van der Waals surface area (Å²) >= 11 is 0. The fraction of sp³-hybridized carbons (Fsp3) is 0.882. The number of unbranched alkanes of at least 4 members (excludes halogenated alkanes) is 2. The second-order valence-corrected chi connectivity index (χ2v) is 6.95. The first-order chi connectivity index (χ1) is 8.14. The monoisotopic (exact) mass is 234 g/mol. The van der Waals surface area contributed by atoms with E-state index in [0.717, 1.165) is 11.8 Å². The van der Waals surface area contributed by atoms with E-state index in [9.17, 15) is 0 Å². The van der Waals surface area contributed by atoms with E-state index in [1.807, 2.05) is 0 Å². The summed E-state index contributed by atoms with van der Waals surface area (Å²) in [6.07, 6.45) is 15.4. The predicted molar refractivity (Wildman–Crippen MR) is 76.1 cm³/mol. The Bertz CT molecular complexity index is 276. The molecule has 2 rings (SSSR count). The fourth-order valence-electron chi connectivity index (χ4n) is 3.75. The first-order valence-corrected chi connectivity index (χ1v) is 7.83. The predicted octanol–water partition coefficient (Wildman–Crippen LogP) is 5.73. The molecule has 0 aromatic rings. The topological polar surface area (TPSA) is 0 Å². The van der Waals surface area contributed by atoms with Crippen LogP contribution in [-0.2, 0) is 0 Å². The van der Waals surface area contributed by atoms with Crippen molar-refractivity contribution in [3.63, 3.8) is 0 Å². The maximum Gasteiger partial charge on any atom is -0.00761 e. The van der Waals surface area contributed by atoms with E-state index in [1.165, 1.54) is 57.8 Å². The molecule has 0 spiro atoms. The number of hydrogen-bond donors (Lipinski definition) is 0. The molecule has 17 heavy (non-hydrogen) atoms. The highest BCUT2D eigenvalue weighted by atomic mass is 14.5. The van der Waals surface area contributed by atoms with Crippen LogP contribution in [-0.4, -0.2) is 0 Å². The highest BCUT2D eigenvalue weighted by molar-refractivity contribution is 5.31. The number of allylic oxidation sites excluding steroid dienone is 2. The summed E-state index contributed by atoms with van der Waals surface area (Å²) in [4.78, 5) is 0. The van der Waals surface area contributed by atoms with Crippen LogP contribution < -0.4 is 0 Å². The van der Waals surface area contributed by atoms with Crippen LogP contribution in [0.3, 0.4) is 0 Å². The van der Waals surface area contributed by atoms with Gasteiger partial charge in [-0.2, -0.15) is 0 Å². The normalized spacial score (nSPS) is 37.5. The van der Waals surface area contributed by atoms with E-state index in [1.54, 1.807) is 5.57 Å². The lowest BCUT2D eigenvalue weighted by Gasteiger charge is -2.23. The molecule has 0 aromatic heterocycles. The first-order valence-electron chi connectivity index (χ1n) is 7.83. The van der Waals surface area contributed by atoms with E-state index in [0.29, 0.717) is 5.41 Å². The minimum Gasteiger partial charge on any atom is -0.0847 e. The average molecular weight is 234 g/mol. The molecular weight excluding hydrogens is 204 g/mol. The van der Waals surface area contributed by atoms with Crippen molar-refractivity contribution in [2.45, 2.75) is 78.6 Å². The van der Waals surface area contributed by atoms with Crippen molar-refractivity contribution in [3.8, 4) is 0 Å². The minimum absolute atomic E-state index is 0.626. The van der Waals surface area contributed by atoms with Crippen molar-refractivity contribution >= 4 is 0 Å². The summed E-state index contributed by atoms with van der Waals surface area (Å²) in [5, 5.41) is 0. The molecule has 1 saturated carbocycles. The van der Waals surface area contributed by atoms with Crippen molar-refractivity contribution in [2.24, 2.45) is 17.3 Å². The van der Waals surface area contributed by atoms with Gasteiger partial charge in [0.2, 0.25) is 0 Å². The molecule has 0 nitrogen and oxygen atoms in total. The summed E-state index contributed by atoms with van der Waals surface area (Å²) < 4.78 is 0. The van der Waals surface area contributed by atoms with Crippen LogP contribution in [0.25, 0.3) is 0 Å². The summed E-state index contributed by atoms with van der Waals surface area (Å²) in [7, 11) is 0. The second-order valence-electron chi connectivity index (χ2n) is 6.95. The molecule has 1 fully saturated rings. The number of fused-ring (bicyclic) bond motifs is 1. The highest BCUT2D eigenvalue weighted by Gasteiger charge is 2.45. The third-order valence-electron chi connectivity index (χ3n) is 4.97. The largest absolute Gasteiger partial charge is 0.0847 e. The van der Waals surface area contributed by atoms with Crippen LogP contribution in [0.2, 0.25) is 0 Å². The second kappa shape index (κ2) is 5.59. The molecular formula is C17H30. The summed E-state index contributed by atoms with van der Waals surface area (Å²) in [5.41, 5.74) is 2.41. The molecule has 98 valence electrons. The van der Waals surface area contributed by atoms with Gasteiger partial charge < -0.3 is 0 Å². The van der Waals surface area contributed by atoms with Gasteiger partial charge in [0.25, 0.3) is 0 Å². The molecule has 3 unspecified atom stereocenters. The molecule has 0 aromatic carbocycles. The smallest absolute Gasteiger partial charge is 0.00761 e. The van der Waals surface area contributed by atoms with E-state index in [-0.39, 0.29) is 0 Å². The maximum atomic E-state index is 2.56. The van der Waals surface area contributed by atoms with Crippen molar-refractivity contribution in [1.82, 2.24) is 0 Å². The average Bonchev–Trinajstić information content (AvgIpc) is 2.87. The van der Waals surface area contributed by atoms with Crippen LogP contribution in [0, 0.1) is 17.3 Å². The lowest BCUT2D eigenvalue weighted by Crippen LogP contribution is -2.11. The Labute approximate surface area is 108 Å². The third-order valence-corrected chi connectivity index (χ3v) is 4.97. The van der Waals surface area contributed by atoms with Gasteiger partial charge in [-0.15, -0.1) is 0 Å². The molecule has 0 heteroatoms. The molecule has 0 radical (unpaired) electrons. The van der Waals surface area contributed by atoms with Crippen LogP contribution >= 0.6 is 0 Å². The van der Waals surface area contributed by atoms with Crippen molar-refractivity contribution in [3.05, 3.63) is 11.6 Å². The Kier molecular flexibility index (Phi) is 4.33. The van der Waals surface area contributed by atoms with Gasteiger partial charge in [0.15, 0.2) is 0 Å². The molecule has 0 aliphatic heterocycles. The zero-order valence-electron chi connectivity index (χ0n) is 12.1. The molecule has 0 bridgehead atoms. The van der Waals surface area contributed by atoms with Gasteiger partial charge in [-0.3, -0.25) is 0 Å². The van der Waals surface area contributed by atoms with Crippen LogP contribution in [0.5, 0.6) is 0 Å². The molecule has 2 aliphatic carbocycles. The Morgan fingerprint density at radius 3 is 2.94 bits per heavy atom. The highest BCUT2D eigenvalue weighted by Crippen LogP contribution is 2.57. The molecule has 0 N–H and O–H groups in total. The zero-order valence-corrected chi connectivity index (χ0v) is 12.1. The maximum absolute atomic E-state index is 2.56. The molecule has 3 atom stereocenters. The SMILES string of the molecule is CCCCCC1CC(C)CCC=C2CC2(C)C1. The lowest BCUT2D eigenvalue weighted by molar-refractivity contribution is 0.292. The summed E-state index contributed by atoms with van der Waals surface area (Å²) in [5.74, 6) is 1.95. The van der Waals surface area contributed by atoms with E-state index >= 15 is 0 Å². The summed E-state index contributed by atoms with van der Waals surface area (Å²) in [6, 6.07) is 0. The number of rotatable bonds is 4. The van der Waals surface area contributed by atoms with Gasteiger partial charge in [0, 0.05) is 0 Å². The Morgan fingerprint density at radius 2 is 2.18 bits per heavy atom. The van der Waals surface area contributed by atoms with Crippen molar-refractivity contribution in [1.29, 1.82) is 0 Å². The Balaban J connectivity index is 1.91. The fourth-order valence-corrected chi connectivity index (χ4v) is 3.75. The van der Waals surface area contributed by atoms with E-state index in [2.05, 4.69) is 26.8 Å². The third kappa shape index (κ3) is 3.60. The number of hydrogen-bond acceptors (Lipinski definition) is 0. The summed E-state index contributed by atoms with van der Waals surface area (Å²) in [6.45, 7) is 7.28. The van der Waals surface area contributed by atoms with Gasteiger partial charge in [-0.05, 0) is 49.4 Å². The van der Waals surface area contributed by atoms with Crippen LogP contribution in [0.1, 0.15) is 78.6 Å². The first kappa shape index (κ1) is 13.2. The van der Waals surface area contributed by atoms with Crippen LogP contribution in [0.4, 0.5) is 0 Å². The minimum atomic E-state index is 0.626. The Morgan fingerprint density at radius 1 is 1.35 bits per heavy atom. The van der Waals surface area contributed by atoms with Crippen LogP contribution in [0.15, 0.2) is 11.6 Å². The molecule has 2 aliphatic rings. The molecule has 0 amide bonds. The van der Waals surface area contributed by atoms with Crippen molar-refractivity contribution in [2.75, 3.05) is 0 Å². The quantitative estimate of drug-likeness (QED) is 0.430. The van der Waals surface area contributed by atoms with Gasteiger partial charge in [-0.1, -0.05) is 58.1 Å². The van der Waals surface area contributed by atoms with Gasteiger partial charge in [0.05, 0.1) is 0 Å².